The fourth-order valence-corrected chi connectivity index (χ4v) is 2.53. The maximum atomic E-state index is 9.28. The molecule has 0 radical (unpaired) electrons. The van der Waals surface area contributed by atoms with Crippen molar-refractivity contribution >= 4 is 28.6 Å². The van der Waals surface area contributed by atoms with Crippen LogP contribution in [0.1, 0.15) is 12.6 Å². The van der Waals surface area contributed by atoms with Crippen LogP contribution in [-0.4, -0.2) is 43.4 Å². The SMILES string of the molecule is [N-]=[N+]=N[C@@H]1C[C@@H](n2cnc3c(N)nc(Cl)nc32)O[C@H]1CO. The third-order valence-electron chi connectivity index (χ3n) is 3.32. The number of aliphatic hydroxyl groups excluding tert-OH is 1. The number of aliphatic hydroxyl groups is 1. The molecule has 0 saturated carbocycles. The van der Waals surface area contributed by atoms with Crippen LogP contribution in [0.25, 0.3) is 21.6 Å². The van der Waals surface area contributed by atoms with Gasteiger partial charge in [0.1, 0.15) is 11.7 Å². The first-order chi connectivity index (χ1) is 10.1. The molecule has 1 saturated heterocycles. The molecule has 10 nitrogen and oxygen atoms in total. The van der Waals surface area contributed by atoms with E-state index >= 15 is 0 Å². The van der Waals surface area contributed by atoms with E-state index in [4.69, 9.17) is 27.6 Å². The number of nitrogens with two attached hydrogens (primary N) is 1. The molecule has 0 spiro atoms. The number of nitrogens with zero attached hydrogens (tertiary/aromatic N) is 7. The van der Waals surface area contributed by atoms with E-state index in [0.717, 1.165) is 0 Å². The third kappa shape index (κ3) is 2.34. The Morgan fingerprint density at radius 2 is 2.43 bits per heavy atom. The number of anilines is 1. The number of azide groups is 1. The number of nitrogen functional groups attached to an aromatic ring is 1. The first-order valence-corrected chi connectivity index (χ1v) is 6.48. The lowest BCUT2D eigenvalue weighted by atomic mass is 10.1. The van der Waals surface area contributed by atoms with Crippen molar-refractivity contribution in [1.29, 1.82) is 0 Å². The zero-order valence-electron chi connectivity index (χ0n) is 10.7. The molecule has 3 atom stereocenters. The van der Waals surface area contributed by atoms with Gasteiger partial charge in [-0.25, -0.2) is 4.98 Å². The van der Waals surface area contributed by atoms with Crippen LogP contribution >= 0.6 is 11.6 Å². The highest BCUT2D eigenvalue weighted by atomic mass is 35.5. The van der Waals surface area contributed by atoms with Crippen molar-refractivity contribution in [3.8, 4) is 0 Å². The molecule has 0 bridgehead atoms. The fourth-order valence-electron chi connectivity index (χ4n) is 2.36. The molecule has 11 heteroatoms. The summed E-state index contributed by atoms with van der Waals surface area (Å²) in [6, 6.07) is -0.461. The van der Waals surface area contributed by atoms with Crippen LogP contribution in [0.4, 0.5) is 5.82 Å². The van der Waals surface area contributed by atoms with Crippen LogP contribution in [0, 0.1) is 0 Å². The molecule has 0 aromatic carbocycles. The van der Waals surface area contributed by atoms with Gasteiger partial charge in [-0.1, -0.05) is 5.11 Å². The average molecular weight is 311 g/mol. The Morgan fingerprint density at radius 3 is 3.14 bits per heavy atom. The van der Waals surface area contributed by atoms with Crippen molar-refractivity contribution in [1.82, 2.24) is 19.5 Å². The number of hydrogen-bond donors (Lipinski definition) is 2. The first-order valence-electron chi connectivity index (χ1n) is 6.10. The van der Waals surface area contributed by atoms with Crippen molar-refractivity contribution < 1.29 is 9.84 Å². The van der Waals surface area contributed by atoms with Gasteiger partial charge in [-0.3, -0.25) is 4.57 Å². The van der Waals surface area contributed by atoms with Gasteiger partial charge in [0.25, 0.3) is 0 Å². The molecule has 1 aliphatic rings. The monoisotopic (exact) mass is 310 g/mol. The normalized spacial score (nSPS) is 25.1. The minimum absolute atomic E-state index is 0.00468. The Labute approximate surface area is 123 Å². The molecular formula is C10H11ClN8O2. The predicted octanol–water partition coefficient (Wildman–Crippen LogP) is 1.02. The molecule has 0 amide bonds. The van der Waals surface area contributed by atoms with E-state index < -0.39 is 18.4 Å². The number of rotatable bonds is 3. The summed E-state index contributed by atoms with van der Waals surface area (Å²) in [4.78, 5) is 14.8. The first kappa shape index (κ1) is 13.8. The van der Waals surface area contributed by atoms with E-state index in [0.29, 0.717) is 17.6 Å². The van der Waals surface area contributed by atoms with Crippen LogP contribution in [0.3, 0.4) is 0 Å². The minimum atomic E-state index is -0.571. The molecule has 1 aliphatic heterocycles. The van der Waals surface area contributed by atoms with E-state index in [-0.39, 0.29) is 17.7 Å². The molecule has 2 aromatic heterocycles. The van der Waals surface area contributed by atoms with Crippen LogP contribution < -0.4 is 5.73 Å². The van der Waals surface area contributed by atoms with E-state index in [2.05, 4.69) is 25.0 Å². The van der Waals surface area contributed by atoms with Gasteiger partial charge in [-0.05, 0) is 17.1 Å². The highest BCUT2D eigenvalue weighted by molar-refractivity contribution is 6.28. The van der Waals surface area contributed by atoms with E-state index in [1.807, 2.05) is 0 Å². The van der Waals surface area contributed by atoms with Gasteiger partial charge in [-0.15, -0.1) is 0 Å². The van der Waals surface area contributed by atoms with Crippen LogP contribution in [-0.2, 0) is 4.74 Å². The van der Waals surface area contributed by atoms with Crippen LogP contribution in [0.5, 0.6) is 0 Å². The molecule has 3 rings (SSSR count). The van der Waals surface area contributed by atoms with Crippen molar-refractivity contribution in [2.24, 2.45) is 5.11 Å². The Kier molecular flexibility index (Phi) is 3.52. The molecule has 0 unspecified atom stereocenters. The second-order valence-electron chi connectivity index (χ2n) is 4.52. The zero-order chi connectivity index (χ0) is 15.0. The van der Waals surface area contributed by atoms with Gasteiger partial charge >= 0.3 is 0 Å². The Bertz CT molecular complexity index is 727. The fraction of sp³-hybridized carbons (Fsp3) is 0.500. The van der Waals surface area contributed by atoms with Crippen molar-refractivity contribution in [3.63, 3.8) is 0 Å². The maximum Gasteiger partial charge on any atom is 0.226 e. The van der Waals surface area contributed by atoms with Crippen molar-refractivity contribution in [3.05, 3.63) is 22.1 Å². The van der Waals surface area contributed by atoms with E-state index in [1.54, 1.807) is 4.57 Å². The highest BCUT2D eigenvalue weighted by Crippen LogP contribution is 2.33. The van der Waals surface area contributed by atoms with Gasteiger partial charge in [-0.2, -0.15) is 9.97 Å². The second kappa shape index (κ2) is 5.34. The van der Waals surface area contributed by atoms with E-state index in [1.165, 1.54) is 6.33 Å². The molecule has 3 N–H and O–H groups in total. The molecule has 0 aliphatic carbocycles. The van der Waals surface area contributed by atoms with E-state index in [9.17, 15) is 5.11 Å². The summed E-state index contributed by atoms with van der Waals surface area (Å²) in [6.07, 6.45) is 0.845. The van der Waals surface area contributed by atoms with Crippen LogP contribution in [0.15, 0.2) is 11.4 Å². The predicted molar refractivity (Wildman–Crippen MR) is 73.3 cm³/mol. The third-order valence-corrected chi connectivity index (χ3v) is 3.48. The van der Waals surface area contributed by atoms with Gasteiger partial charge < -0.3 is 15.6 Å². The number of fused-ring (bicyclic) bond motifs is 1. The lowest BCUT2D eigenvalue weighted by Crippen LogP contribution is -2.22. The highest BCUT2D eigenvalue weighted by Gasteiger charge is 2.36. The van der Waals surface area contributed by atoms with Gasteiger partial charge in [0.2, 0.25) is 5.28 Å². The average Bonchev–Trinajstić information content (AvgIpc) is 3.02. The summed E-state index contributed by atoms with van der Waals surface area (Å²) in [6.45, 7) is -0.245. The molecular weight excluding hydrogens is 300 g/mol. The second-order valence-corrected chi connectivity index (χ2v) is 4.86. The topological polar surface area (TPSA) is 148 Å². The quantitative estimate of drug-likeness (QED) is 0.374. The summed E-state index contributed by atoms with van der Waals surface area (Å²) >= 11 is 5.80. The number of aromatic nitrogens is 4. The number of halogens is 1. The van der Waals surface area contributed by atoms with Crippen LogP contribution in [0.2, 0.25) is 5.28 Å². The Balaban J connectivity index is 2.00. The number of hydrogen-bond acceptors (Lipinski definition) is 7. The summed E-state index contributed by atoms with van der Waals surface area (Å²) in [5.74, 6) is 0.173. The largest absolute Gasteiger partial charge is 0.394 e. The summed E-state index contributed by atoms with van der Waals surface area (Å²) in [7, 11) is 0. The van der Waals surface area contributed by atoms with Gasteiger partial charge in [0.05, 0.1) is 25.1 Å². The Hall–Kier alpha value is -2.13. The zero-order valence-corrected chi connectivity index (χ0v) is 11.4. The smallest absolute Gasteiger partial charge is 0.226 e. The number of imidazole rings is 1. The molecule has 1 fully saturated rings. The summed E-state index contributed by atoms with van der Waals surface area (Å²) in [5.41, 5.74) is 15.1. The molecule has 3 heterocycles. The molecule has 110 valence electrons. The number of ether oxygens (including phenoxy) is 1. The van der Waals surface area contributed by atoms with Crippen molar-refractivity contribution in [2.75, 3.05) is 12.3 Å². The standard InChI is InChI=1S/C10H11ClN8O2/c11-10-15-8(12)7-9(16-10)19(3-14-7)6-1-4(17-18-13)5(2-20)21-6/h3-6,20H,1-2H2,(H2,12,15,16)/t4-,5+,6+/m1/s1. The lowest BCUT2D eigenvalue weighted by Gasteiger charge is -2.13. The molecule has 2 aromatic rings. The molecule has 21 heavy (non-hydrogen) atoms. The van der Waals surface area contributed by atoms with Gasteiger partial charge in [0.15, 0.2) is 11.5 Å². The lowest BCUT2D eigenvalue weighted by molar-refractivity contribution is -0.0232. The minimum Gasteiger partial charge on any atom is -0.394 e. The maximum absolute atomic E-state index is 9.28. The Morgan fingerprint density at radius 1 is 1.62 bits per heavy atom. The summed E-state index contributed by atoms with van der Waals surface area (Å²) in [5, 5.41) is 12.9. The van der Waals surface area contributed by atoms with Crippen molar-refractivity contribution in [2.45, 2.75) is 24.8 Å². The van der Waals surface area contributed by atoms with Gasteiger partial charge in [0, 0.05) is 11.3 Å². The summed E-state index contributed by atoms with van der Waals surface area (Å²) < 4.78 is 7.31.